The fraction of sp³-hybridized carbons (Fsp3) is 0.190. The lowest BCUT2D eigenvalue weighted by Crippen LogP contribution is -2.22. The molecule has 1 aliphatic rings. The van der Waals surface area contributed by atoms with E-state index >= 15 is 0 Å². The number of hydrogen-bond donors (Lipinski definition) is 0. The molecule has 0 saturated heterocycles. The number of sulfone groups is 1. The molecule has 1 aliphatic heterocycles. The van der Waals surface area contributed by atoms with Crippen LogP contribution < -0.4 is 14.4 Å². The summed E-state index contributed by atoms with van der Waals surface area (Å²) in [6.45, 7) is 1.39. The van der Waals surface area contributed by atoms with Gasteiger partial charge in [0.25, 0.3) is 0 Å². The summed E-state index contributed by atoms with van der Waals surface area (Å²) in [5, 5.41) is 0. The van der Waals surface area contributed by atoms with E-state index in [2.05, 4.69) is 11.1 Å². The average Bonchev–Trinajstić information content (AvgIpc) is 3.23. The van der Waals surface area contributed by atoms with Gasteiger partial charge in [0.15, 0.2) is 0 Å². The summed E-state index contributed by atoms with van der Waals surface area (Å²) in [4.78, 5) is 6.68. The number of ether oxygens (including phenoxy) is 2. The predicted molar refractivity (Wildman–Crippen MR) is 109 cm³/mol. The van der Waals surface area contributed by atoms with Gasteiger partial charge in [-0.3, -0.25) is 0 Å². The van der Waals surface area contributed by atoms with Gasteiger partial charge in [0, 0.05) is 31.2 Å². The lowest BCUT2D eigenvalue weighted by molar-refractivity contribution is 0.392. The third-order valence-corrected chi connectivity index (χ3v) is 6.58. The highest BCUT2D eigenvalue weighted by Gasteiger charge is 2.23. The Bertz CT molecular complexity index is 1150. The van der Waals surface area contributed by atoms with Gasteiger partial charge in [-0.15, -0.1) is 0 Å². The van der Waals surface area contributed by atoms with Crippen molar-refractivity contribution in [3.8, 4) is 11.5 Å². The van der Waals surface area contributed by atoms with E-state index in [1.165, 1.54) is 20.3 Å². The number of allylic oxidation sites excluding steroid dienone is 1. The van der Waals surface area contributed by atoms with Crippen LogP contribution in [0.15, 0.2) is 76.9 Å². The van der Waals surface area contributed by atoms with E-state index in [-0.39, 0.29) is 15.5 Å². The van der Waals surface area contributed by atoms with E-state index in [1.54, 1.807) is 30.5 Å². The van der Waals surface area contributed by atoms with Crippen LogP contribution in [-0.4, -0.2) is 32.2 Å². The molecular weight excluding hydrogens is 390 g/mol. The van der Waals surface area contributed by atoms with Crippen molar-refractivity contribution in [2.24, 2.45) is 0 Å². The number of hydrogen-bond acceptors (Lipinski definition) is 6. The second kappa shape index (κ2) is 7.63. The topological polar surface area (TPSA) is 73.7 Å². The number of aromatic nitrogens is 2. The maximum atomic E-state index is 13.1. The molecule has 4 rings (SSSR count). The van der Waals surface area contributed by atoms with E-state index in [9.17, 15) is 8.42 Å². The summed E-state index contributed by atoms with van der Waals surface area (Å²) in [6, 6.07) is 11.6. The van der Waals surface area contributed by atoms with Crippen molar-refractivity contribution >= 4 is 15.8 Å². The minimum Gasteiger partial charge on any atom is -0.497 e. The average molecular weight is 411 g/mol. The number of nitrogens with zero attached hydrogens (tertiary/aromatic N) is 3. The number of rotatable bonds is 6. The standard InChI is InChI=1S/C21H21N3O4S/c1-27-17-6-9-19(28-2)20(14-17)29(25,26)18-7-4-16(5-8-18)15-24-12-3-11-23-13-10-22-21(23)24/h3-10,12-14H,11,15H2,1-2H3. The number of benzene rings is 2. The summed E-state index contributed by atoms with van der Waals surface area (Å²) in [5.74, 6) is 1.60. The Balaban J connectivity index is 1.61. The maximum absolute atomic E-state index is 13.1. The Morgan fingerprint density at radius 2 is 1.86 bits per heavy atom. The molecule has 0 spiro atoms. The van der Waals surface area contributed by atoms with Gasteiger partial charge in [-0.1, -0.05) is 12.1 Å². The smallest absolute Gasteiger partial charge is 0.210 e. The highest BCUT2D eigenvalue weighted by molar-refractivity contribution is 7.91. The van der Waals surface area contributed by atoms with E-state index in [1.807, 2.05) is 34.0 Å². The molecule has 3 aromatic rings. The zero-order valence-electron chi connectivity index (χ0n) is 16.1. The van der Waals surface area contributed by atoms with E-state index in [0.29, 0.717) is 12.3 Å². The van der Waals surface area contributed by atoms with Crippen LogP contribution in [0.4, 0.5) is 5.95 Å². The van der Waals surface area contributed by atoms with Crippen molar-refractivity contribution in [1.82, 2.24) is 9.55 Å². The molecule has 8 heteroatoms. The normalized spacial score (nSPS) is 13.2. The summed E-state index contributed by atoms with van der Waals surface area (Å²) in [6.07, 6.45) is 7.76. The Kier molecular flexibility index (Phi) is 5.02. The third-order valence-electron chi connectivity index (χ3n) is 4.78. The minimum absolute atomic E-state index is 0.0769. The van der Waals surface area contributed by atoms with Crippen molar-refractivity contribution in [1.29, 1.82) is 0 Å². The van der Waals surface area contributed by atoms with E-state index in [4.69, 9.17) is 9.47 Å². The molecule has 0 bridgehead atoms. The molecule has 29 heavy (non-hydrogen) atoms. The third kappa shape index (κ3) is 3.58. The monoisotopic (exact) mass is 411 g/mol. The zero-order chi connectivity index (χ0) is 20.4. The van der Waals surface area contributed by atoms with Crippen molar-refractivity contribution < 1.29 is 17.9 Å². The fourth-order valence-corrected chi connectivity index (χ4v) is 4.71. The van der Waals surface area contributed by atoms with Gasteiger partial charge in [0.05, 0.1) is 25.7 Å². The molecule has 0 fully saturated rings. The molecule has 2 aromatic carbocycles. The van der Waals surface area contributed by atoms with Gasteiger partial charge in [-0.2, -0.15) is 0 Å². The summed E-state index contributed by atoms with van der Waals surface area (Å²) >= 11 is 0. The minimum atomic E-state index is -3.75. The SMILES string of the molecule is COc1ccc(OC)c(S(=O)(=O)c2ccc(CN3C=CCn4ccnc43)cc2)c1. The van der Waals surface area contributed by atoms with Crippen LogP contribution in [0.25, 0.3) is 0 Å². The van der Waals surface area contributed by atoms with Crippen molar-refractivity contribution in [3.63, 3.8) is 0 Å². The Labute approximate surface area is 169 Å². The molecule has 0 unspecified atom stereocenters. The molecule has 0 atom stereocenters. The van der Waals surface area contributed by atoms with E-state index < -0.39 is 9.84 Å². The lowest BCUT2D eigenvalue weighted by atomic mass is 10.2. The molecular formula is C21H21N3O4S. The van der Waals surface area contributed by atoms with Crippen LogP contribution in [0.1, 0.15) is 5.56 Å². The highest BCUT2D eigenvalue weighted by atomic mass is 32.2. The molecule has 0 amide bonds. The first-order chi connectivity index (χ1) is 14.0. The molecule has 0 N–H and O–H groups in total. The quantitative estimate of drug-likeness (QED) is 0.620. The molecule has 150 valence electrons. The van der Waals surface area contributed by atoms with Crippen LogP contribution >= 0.6 is 0 Å². The summed E-state index contributed by atoms with van der Waals surface area (Å²) in [7, 11) is -0.815. The van der Waals surface area contributed by atoms with Gasteiger partial charge in [0.1, 0.15) is 16.4 Å². The summed E-state index contributed by atoms with van der Waals surface area (Å²) in [5.41, 5.74) is 0.975. The second-order valence-corrected chi connectivity index (χ2v) is 8.47. The summed E-state index contributed by atoms with van der Waals surface area (Å²) < 4.78 is 38.7. The van der Waals surface area contributed by atoms with Crippen LogP contribution in [0.5, 0.6) is 11.5 Å². The Hall–Kier alpha value is -3.26. The number of anilines is 1. The Morgan fingerprint density at radius 1 is 1.07 bits per heavy atom. The van der Waals surface area contributed by atoms with Crippen molar-refractivity contribution in [3.05, 3.63) is 72.7 Å². The number of fused-ring (bicyclic) bond motifs is 1. The first-order valence-electron chi connectivity index (χ1n) is 9.03. The Morgan fingerprint density at radius 3 is 2.59 bits per heavy atom. The van der Waals surface area contributed by atoms with Gasteiger partial charge < -0.3 is 18.9 Å². The second-order valence-electron chi connectivity index (χ2n) is 6.56. The largest absolute Gasteiger partial charge is 0.497 e. The van der Waals surface area contributed by atoms with Gasteiger partial charge in [0.2, 0.25) is 15.8 Å². The molecule has 7 nitrogen and oxygen atoms in total. The number of imidazole rings is 1. The highest BCUT2D eigenvalue weighted by Crippen LogP contribution is 2.33. The van der Waals surface area contributed by atoms with Crippen LogP contribution in [0.3, 0.4) is 0 Å². The molecule has 0 saturated carbocycles. The zero-order valence-corrected chi connectivity index (χ0v) is 17.0. The molecule has 1 aromatic heterocycles. The fourth-order valence-electron chi connectivity index (χ4n) is 3.27. The van der Waals surface area contributed by atoms with Crippen LogP contribution in [0, 0.1) is 0 Å². The van der Waals surface area contributed by atoms with E-state index in [0.717, 1.165) is 18.1 Å². The van der Waals surface area contributed by atoms with Gasteiger partial charge >= 0.3 is 0 Å². The van der Waals surface area contributed by atoms with Crippen LogP contribution in [-0.2, 0) is 22.9 Å². The molecule has 2 heterocycles. The molecule has 0 radical (unpaired) electrons. The maximum Gasteiger partial charge on any atom is 0.210 e. The molecule has 0 aliphatic carbocycles. The predicted octanol–water partition coefficient (Wildman–Crippen LogP) is 3.27. The van der Waals surface area contributed by atoms with Gasteiger partial charge in [-0.25, -0.2) is 13.4 Å². The van der Waals surface area contributed by atoms with Gasteiger partial charge in [-0.05, 0) is 35.9 Å². The first kappa shape index (κ1) is 19.1. The van der Waals surface area contributed by atoms with Crippen molar-refractivity contribution in [2.75, 3.05) is 19.1 Å². The van der Waals surface area contributed by atoms with Crippen LogP contribution in [0.2, 0.25) is 0 Å². The van der Waals surface area contributed by atoms with Crippen molar-refractivity contribution in [2.45, 2.75) is 22.9 Å². The first-order valence-corrected chi connectivity index (χ1v) is 10.5. The lowest BCUT2D eigenvalue weighted by Gasteiger charge is -2.24. The number of methoxy groups -OCH3 is 2.